The lowest BCUT2D eigenvalue weighted by molar-refractivity contribution is -0.132. The van der Waals surface area contributed by atoms with Gasteiger partial charge in [0, 0.05) is 31.5 Å². The topological polar surface area (TPSA) is 58.6 Å². The second kappa shape index (κ2) is 11.0. The molecule has 5 heteroatoms. The van der Waals surface area contributed by atoms with Gasteiger partial charge in [0.05, 0.1) is 6.61 Å². The first-order valence-electron chi connectivity index (χ1n) is 9.82. The van der Waals surface area contributed by atoms with Crippen LogP contribution in [0.5, 0.6) is 5.75 Å². The van der Waals surface area contributed by atoms with Crippen LogP contribution in [0.2, 0.25) is 0 Å². The molecule has 0 saturated carbocycles. The summed E-state index contributed by atoms with van der Waals surface area (Å²) in [6.45, 7) is 5.42. The van der Waals surface area contributed by atoms with Gasteiger partial charge in [-0.25, -0.2) is 0 Å². The molecule has 0 aliphatic carbocycles. The smallest absolute Gasteiger partial charge is 0.223 e. The molecule has 0 atom stereocenters. The van der Waals surface area contributed by atoms with Gasteiger partial charge in [0.2, 0.25) is 5.91 Å². The average Bonchev–Trinajstić information content (AvgIpc) is 2.69. The second-order valence-electron chi connectivity index (χ2n) is 7.01. The molecule has 1 saturated heterocycles. The summed E-state index contributed by atoms with van der Waals surface area (Å²) in [6, 6.07) is 7.21. The minimum absolute atomic E-state index is 0.0179. The molecule has 26 heavy (non-hydrogen) atoms. The van der Waals surface area contributed by atoms with Crippen LogP contribution in [0.25, 0.3) is 0 Å². The molecule has 1 aromatic carbocycles. The first-order valence-corrected chi connectivity index (χ1v) is 9.82. The number of carbonyl (C=O) groups excluding carboxylic acids is 2. The van der Waals surface area contributed by atoms with E-state index in [1.54, 1.807) is 12.1 Å². The Morgan fingerprint density at radius 2 is 1.85 bits per heavy atom. The van der Waals surface area contributed by atoms with Crippen LogP contribution < -0.4 is 10.1 Å². The van der Waals surface area contributed by atoms with Crippen LogP contribution in [0, 0.1) is 5.92 Å². The van der Waals surface area contributed by atoms with E-state index >= 15 is 0 Å². The van der Waals surface area contributed by atoms with Crippen molar-refractivity contribution in [2.75, 3.05) is 33.3 Å². The summed E-state index contributed by atoms with van der Waals surface area (Å²) >= 11 is 0. The van der Waals surface area contributed by atoms with E-state index in [0.29, 0.717) is 24.5 Å². The standard InChI is InChI=1S/C21H32N2O3/c1-3-16-26-19-6-4-18(5-7-19)20(24)8-9-21(25)23-14-11-17(12-15-23)10-13-22-2/h4-7,17,22H,3,8-16H2,1-2H3. The summed E-state index contributed by atoms with van der Waals surface area (Å²) in [5.74, 6) is 1.61. The van der Waals surface area contributed by atoms with E-state index in [0.717, 1.165) is 44.6 Å². The molecule has 0 spiro atoms. The van der Waals surface area contributed by atoms with Crippen molar-refractivity contribution in [2.45, 2.75) is 45.4 Å². The van der Waals surface area contributed by atoms with Crippen molar-refractivity contribution < 1.29 is 14.3 Å². The molecule has 0 radical (unpaired) electrons. The molecular formula is C21H32N2O3. The normalized spacial score (nSPS) is 15.1. The van der Waals surface area contributed by atoms with E-state index in [9.17, 15) is 9.59 Å². The highest BCUT2D eigenvalue weighted by Gasteiger charge is 2.22. The number of carbonyl (C=O) groups is 2. The lowest BCUT2D eigenvalue weighted by atomic mass is 9.93. The van der Waals surface area contributed by atoms with Crippen LogP contribution in [-0.4, -0.2) is 49.9 Å². The van der Waals surface area contributed by atoms with Crippen LogP contribution in [0.1, 0.15) is 55.8 Å². The first kappa shape index (κ1) is 20.4. The summed E-state index contributed by atoms with van der Waals surface area (Å²) in [7, 11) is 1.97. The van der Waals surface area contributed by atoms with Crippen LogP contribution in [0.15, 0.2) is 24.3 Å². The molecule has 1 amide bonds. The van der Waals surface area contributed by atoms with Crippen molar-refractivity contribution in [2.24, 2.45) is 5.92 Å². The fourth-order valence-corrected chi connectivity index (χ4v) is 3.30. The van der Waals surface area contributed by atoms with E-state index < -0.39 is 0 Å². The number of amides is 1. The van der Waals surface area contributed by atoms with Crippen molar-refractivity contribution in [3.63, 3.8) is 0 Å². The molecule has 5 nitrogen and oxygen atoms in total. The van der Waals surface area contributed by atoms with Gasteiger partial charge in [-0.2, -0.15) is 0 Å². The number of rotatable bonds is 10. The van der Waals surface area contributed by atoms with Crippen LogP contribution in [0.3, 0.4) is 0 Å². The molecule has 1 aliphatic heterocycles. The fourth-order valence-electron chi connectivity index (χ4n) is 3.30. The lowest BCUT2D eigenvalue weighted by Gasteiger charge is -2.32. The summed E-state index contributed by atoms with van der Waals surface area (Å²) < 4.78 is 5.52. The highest BCUT2D eigenvalue weighted by atomic mass is 16.5. The van der Waals surface area contributed by atoms with E-state index in [2.05, 4.69) is 12.2 Å². The van der Waals surface area contributed by atoms with Gasteiger partial charge in [-0.3, -0.25) is 9.59 Å². The number of nitrogens with one attached hydrogen (secondary N) is 1. The molecule has 0 unspecified atom stereocenters. The number of Topliss-reactive ketones (excluding diaryl/α,β-unsaturated/α-hetero) is 1. The Bertz CT molecular complexity index is 563. The van der Waals surface area contributed by atoms with Gasteiger partial charge in [-0.1, -0.05) is 6.92 Å². The minimum Gasteiger partial charge on any atom is -0.494 e. The molecule has 0 bridgehead atoms. The monoisotopic (exact) mass is 360 g/mol. The zero-order chi connectivity index (χ0) is 18.8. The Hall–Kier alpha value is -1.88. The van der Waals surface area contributed by atoms with Crippen molar-refractivity contribution in [1.82, 2.24) is 10.2 Å². The van der Waals surface area contributed by atoms with Gasteiger partial charge in [0.1, 0.15) is 5.75 Å². The molecule has 0 aromatic heterocycles. The van der Waals surface area contributed by atoms with Crippen LogP contribution in [-0.2, 0) is 4.79 Å². The van der Waals surface area contributed by atoms with Crippen LogP contribution in [0.4, 0.5) is 0 Å². The van der Waals surface area contributed by atoms with Gasteiger partial charge < -0.3 is 15.0 Å². The number of benzene rings is 1. The zero-order valence-electron chi connectivity index (χ0n) is 16.1. The number of hydrogen-bond donors (Lipinski definition) is 1. The maximum atomic E-state index is 12.4. The summed E-state index contributed by atoms with van der Waals surface area (Å²) in [5.41, 5.74) is 0.646. The molecule has 1 N–H and O–H groups in total. The molecule has 1 aliphatic rings. The number of hydrogen-bond acceptors (Lipinski definition) is 4. The van der Waals surface area contributed by atoms with Crippen molar-refractivity contribution in [3.05, 3.63) is 29.8 Å². The Balaban J connectivity index is 1.72. The summed E-state index contributed by atoms with van der Waals surface area (Å²) in [5, 5.41) is 3.18. The minimum atomic E-state index is 0.0179. The Labute approximate surface area is 157 Å². The number of ether oxygens (including phenoxy) is 1. The van der Waals surface area contributed by atoms with Gasteiger partial charge in [0.25, 0.3) is 0 Å². The highest BCUT2D eigenvalue weighted by Crippen LogP contribution is 2.21. The first-order chi connectivity index (χ1) is 12.6. The summed E-state index contributed by atoms with van der Waals surface area (Å²) in [4.78, 5) is 26.6. The number of ketones is 1. The maximum Gasteiger partial charge on any atom is 0.223 e. The number of likely N-dealkylation sites (tertiary alicyclic amines) is 1. The van der Waals surface area contributed by atoms with Gasteiger partial charge in [-0.05, 0) is 69.5 Å². The third-order valence-corrected chi connectivity index (χ3v) is 4.98. The Kier molecular flexibility index (Phi) is 8.62. The molecule has 1 heterocycles. The number of piperidine rings is 1. The Morgan fingerprint density at radius 1 is 1.15 bits per heavy atom. The van der Waals surface area contributed by atoms with E-state index in [1.807, 2.05) is 24.1 Å². The second-order valence-corrected chi connectivity index (χ2v) is 7.01. The predicted molar refractivity (Wildman–Crippen MR) is 104 cm³/mol. The van der Waals surface area contributed by atoms with Crippen molar-refractivity contribution >= 4 is 11.7 Å². The molecular weight excluding hydrogens is 328 g/mol. The molecule has 1 aromatic rings. The number of nitrogens with zero attached hydrogens (tertiary/aromatic N) is 1. The zero-order valence-corrected chi connectivity index (χ0v) is 16.1. The van der Waals surface area contributed by atoms with E-state index in [4.69, 9.17) is 4.74 Å². The Morgan fingerprint density at radius 3 is 2.46 bits per heavy atom. The SMILES string of the molecule is CCCOc1ccc(C(=O)CCC(=O)N2CCC(CCNC)CC2)cc1. The van der Waals surface area contributed by atoms with Gasteiger partial charge in [0.15, 0.2) is 5.78 Å². The third kappa shape index (κ3) is 6.45. The largest absolute Gasteiger partial charge is 0.494 e. The lowest BCUT2D eigenvalue weighted by Crippen LogP contribution is -2.39. The van der Waals surface area contributed by atoms with E-state index in [1.165, 1.54) is 6.42 Å². The molecule has 1 fully saturated rings. The molecule has 2 rings (SSSR count). The fraction of sp³-hybridized carbons (Fsp3) is 0.619. The van der Waals surface area contributed by atoms with Crippen molar-refractivity contribution in [3.8, 4) is 5.75 Å². The quantitative estimate of drug-likeness (QED) is 0.651. The van der Waals surface area contributed by atoms with E-state index in [-0.39, 0.29) is 18.1 Å². The van der Waals surface area contributed by atoms with Gasteiger partial charge in [-0.15, -0.1) is 0 Å². The molecule has 144 valence electrons. The average molecular weight is 360 g/mol. The maximum absolute atomic E-state index is 12.4. The predicted octanol–water partition coefficient (Wildman–Crippen LogP) is 3.29. The van der Waals surface area contributed by atoms with Crippen molar-refractivity contribution in [1.29, 1.82) is 0 Å². The highest BCUT2D eigenvalue weighted by molar-refractivity contribution is 5.98. The third-order valence-electron chi connectivity index (χ3n) is 4.98. The van der Waals surface area contributed by atoms with Crippen LogP contribution >= 0.6 is 0 Å². The summed E-state index contributed by atoms with van der Waals surface area (Å²) in [6.07, 6.45) is 4.84. The van der Waals surface area contributed by atoms with Gasteiger partial charge >= 0.3 is 0 Å².